The first kappa shape index (κ1) is 36.3. The SMILES string of the molecule is CCCCCCCCCCCCCC[N+](CC)(CC)Cc1ccccc1.C[NH+](C)C.[Cl-].[Cl-]. The van der Waals surface area contributed by atoms with Crippen LogP contribution in [-0.4, -0.2) is 45.3 Å². The predicted octanol–water partition coefficient (Wildman–Crippen LogP) is 0.513. The van der Waals surface area contributed by atoms with Gasteiger partial charge in [0.1, 0.15) is 6.54 Å². The lowest BCUT2D eigenvalue weighted by Crippen LogP contribution is -3.02. The smallest absolute Gasteiger partial charge is 0.104 e. The van der Waals surface area contributed by atoms with E-state index in [1.54, 1.807) is 0 Å². The van der Waals surface area contributed by atoms with Gasteiger partial charge in [-0.05, 0) is 26.7 Å². The summed E-state index contributed by atoms with van der Waals surface area (Å²) in [7, 11) is 6.25. The molecule has 0 radical (unpaired) electrons. The van der Waals surface area contributed by atoms with Gasteiger partial charge in [-0.1, -0.05) is 101 Å². The Morgan fingerprint density at radius 2 is 0.969 bits per heavy atom. The number of hydrogen-bond donors (Lipinski definition) is 1. The quantitative estimate of drug-likeness (QED) is 0.239. The minimum atomic E-state index is 0. The third-order valence-electron chi connectivity index (χ3n) is 6.19. The van der Waals surface area contributed by atoms with Crippen LogP contribution in [-0.2, 0) is 6.54 Å². The van der Waals surface area contributed by atoms with Crippen LogP contribution in [0.5, 0.6) is 0 Å². The molecule has 1 N–H and O–H groups in total. The summed E-state index contributed by atoms with van der Waals surface area (Å²) < 4.78 is 1.25. The maximum absolute atomic E-state index is 2.37. The lowest BCUT2D eigenvalue weighted by molar-refractivity contribution is -0.938. The number of quaternary nitrogens is 2. The van der Waals surface area contributed by atoms with E-state index in [0.29, 0.717) is 0 Å². The number of rotatable bonds is 17. The maximum atomic E-state index is 2.37. The van der Waals surface area contributed by atoms with Gasteiger partial charge in [0, 0.05) is 5.56 Å². The fourth-order valence-electron chi connectivity index (χ4n) is 4.10. The first-order chi connectivity index (χ1) is 14.5. The summed E-state index contributed by atoms with van der Waals surface area (Å²) in [5, 5.41) is 0. The van der Waals surface area contributed by atoms with Crippen molar-refractivity contribution in [3.63, 3.8) is 0 Å². The maximum Gasteiger partial charge on any atom is 0.104 e. The van der Waals surface area contributed by atoms with Gasteiger partial charge in [-0.15, -0.1) is 0 Å². The lowest BCUT2D eigenvalue weighted by atomic mass is 10.0. The van der Waals surface area contributed by atoms with Crippen LogP contribution in [0.1, 0.15) is 103 Å². The van der Waals surface area contributed by atoms with Crippen molar-refractivity contribution in [2.45, 2.75) is 104 Å². The summed E-state index contributed by atoms with van der Waals surface area (Å²) in [5.74, 6) is 0. The van der Waals surface area contributed by atoms with Crippen molar-refractivity contribution in [2.24, 2.45) is 0 Å². The van der Waals surface area contributed by atoms with Crippen molar-refractivity contribution in [2.75, 3.05) is 40.8 Å². The Labute approximate surface area is 215 Å². The van der Waals surface area contributed by atoms with Crippen LogP contribution >= 0.6 is 0 Å². The predicted molar refractivity (Wildman–Crippen MR) is 136 cm³/mol. The summed E-state index contributed by atoms with van der Waals surface area (Å²) >= 11 is 0. The monoisotopic (exact) mass is 490 g/mol. The third-order valence-corrected chi connectivity index (χ3v) is 6.19. The molecule has 0 bridgehead atoms. The van der Waals surface area contributed by atoms with Crippen molar-refractivity contribution in [1.82, 2.24) is 0 Å². The highest BCUT2D eigenvalue weighted by molar-refractivity contribution is 5.13. The molecule has 192 valence electrons. The van der Waals surface area contributed by atoms with Gasteiger partial charge in [-0.25, -0.2) is 0 Å². The molecule has 0 unspecified atom stereocenters. The van der Waals surface area contributed by atoms with E-state index in [2.05, 4.69) is 72.2 Å². The van der Waals surface area contributed by atoms with E-state index in [-0.39, 0.29) is 24.8 Å². The number of nitrogens with zero attached hydrogens (tertiary/aromatic N) is 1. The second kappa shape index (κ2) is 25.3. The molecular weight excluding hydrogens is 435 g/mol. The number of unbranched alkanes of at least 4 members (excludes halogenated alkanes) is 11. The van der Waals surface area contributed by atoms with Crippen LogP contribution in [0, 0.1) is 0 Å². The molecule has 0 aliphatic rings. The van der Waals surface area contributed by atoms with Gasteiger partial charge < -0.3 is 34.2 Å². The van der Waals surface area contributed by atoms with Crippen molar-refractivity contribution in [3.05, 3.63) is 35.9 Å². The Morgan fingerprint density at radius 1 is 0.594 bits per heavy atom. The van der Waals surface area contributed by atoms with Crippen molar-refractivity contribution in [3.8, 4) is 0 Å². The number of halogens is 2. The molecule has 2 nitrogen and oxygen atoms in total. The highest BCUT2D eigenvalue weighted by atomic mass is 35.5. The fraction of sp³-hybridized carbons (Fsp3) is 0.786. The van der Waals surface area contributed by atoms with E-state index < -0.39 is 0 Å². The van der Waals surface area contributed by atoms with Gasteiger partial charge in [-0.2, -0.15) is 0 Å². The molecule has 0 spiro atoms. The van der Waals surface area contributed by atoms with E-state index in [1.165, 1.54) is 118 Å². The van der Waals surface area contributed by atoms with Crippen LogP contribution < -0.4 is 29.7 Å². The van der Waals surface area contributed by atoms with E-state index in [1.807, 2.05) is 0 Å². The second-order valence-electron chi connectivity index (χ2n) is 9.73. The Bertz CT molecular complexity index is 459. The highest BCUT2D eigenvalue weighted by Crippen LogP contribution is 2.17. The molecule has 0 amide bonds. The van der Waals surface area contributed by atoms with E-state index >= 15 is 0 Å². The standard InChI is InChI=1S/C25H46N.C3H9N.2ClH/c1-4-7-8-9-10-11-12-13-14-15-16-20-23-26(5-2,6-3)24-25-21-18-17-19-22-25;1-4(2)3;;/h17-19,21-22H,4-16,20,23-24H2,1-3H3;1-3H3;2*1H/q+1;;;/p-1. The minimum absolute atomic E-state index is 0. The molecule has 0 heterocycles. The molecule has 1 aromatic rings. The van der Waals surface area contributed by atoms with Crippen LogP contribution in [0.3, 0.4) is 0 Å². The summed E-state index contributed by atoms with van der Waals surface area (Å²) in [6.07, 6.45) is 17.3. The average molecular weight is 492 g/mol. The Hall–Kier alpha value is -0.280. The van der Waals surface area contributed by atoms with Crippen LogP contribution in [0.25, 0.3) is 0 Å². The number of hydrogen-bond acceptors (Lipinski definition) is 0. The normalized spacial score (nSPS) is 10.7. The molecular formula is C28H56Cl2N2. The molecule has 0 saturated carbocycles. The molecule has 0 fully saturated rings. The average Bonchev–Trinajstić information content (AvgIpc) is 2.74. The van der Waals surface area contributed by atoms with Gasteiger partial charge in [0.25, 0.3) is 0 Å². The molecule has 0 aromatic heterocycles. The van der Waals surface area contributed by atoms with Crippen molar-refractivity contribution >= 4 is 0 Å². The molecule has 4 heteroatoms. The van der Waals surface area contributed by atoms with E-state index in [4.69, 9.17) is 0 Å². The summed E-state index contributed by atoms with van der Waals surface area (Å²) in [6.45, 7) is 12.1. The van der Waals surface area contributed by atoms with Crippen molar-refractivity contribution in [1.29, 1.82) is 0 Å². The van der Waals surface area contributed by atoms with E-state index in [0.717, 1.165) is 0 Å². The Morgan fingerprint density at radius 3 is 1.34 bits per heavy atom. The van der Waals surface area contributed by atoms with Gasteiger partial charge in [0.15, 0.2) is 0 Å². The van der Waals surface area contributed by atoms with Gasteiger partial charge in [0.05, 0.1) is 40.8 Å². The first-order valence-electron chi connectivity index (χ1n) is 13.2. The Kier molecular flexibility index (Phi) is 28.7. The third kappa shape index (κ3) is 21.6. The Balaban J connectivity index is -0.00000129. The minimum Gasteiger partial charge on any atom is -1.00 e. The largest absolute Gasteiger partial charge is 1.00 e. The van der Waals surface area contributed by atoms with Crippen LogP contribution in [0.4, 0.5) is 0 Å². The second-order valence-corrected chi connectivity index (χ2v) is 9.73. The molecule has 0 saturated heterocycles. The highest BCUT2D eigenvalue weighted by Gasteiger charge is 2.22. The summed E-state index contributed by atoms with van der Waals surface area (Å²) in [5.41, 5.74) is 1.50. The molecule has 1 aromatic carbocycles. The van der Waals surface area contributed by atoms with Gasteiger partial charge >= 0.3 is 0 Å². The lowest BCUT2D eigenvalue weighted by Gasteiger charge is -2.37. The zero-order valence-electron chi connectivity index (χ0n) is 22.4. The molecule has 1 rings (SSSR count). The van der Waals surface area contributed by atoms with E-state index in [9.17, 15) is 0 Å². The molecule has 0 aliphatic carbocycles. The zero-order chi connectivity index (χ0) is 22.5. The summed E-state index contributed by atoms with van der Waals surface area (Å²) in [6, 6.07) is 11.1. The topological polar surface area (TPSA) is 4.44 Å². The molecule has 0 atom stereocenters. The summed E-state index contributed by atoms with van der Waals surface area (Å²) in [4.78, 5) is 1.42. The zero-order valence-corrected chi connectivity index (χ0v) is 23.9. The van der Waals surface area contributed by atoms with Crippen LogP contribution in [0.15, 0.2) is 30.3 Å². The molecule has 32 heavy (non-hydrogen) atoms. The fourth-order valence-corrected chi connectivity index (χ4v) is 4.10. The number of nitrogens with one attached hydrogen (secondary N) is 1. The number of benzene rings is 1. The van der Waals surface area contributed by atoms with Gasteiger partial charge in [-0.3, -0.25) is 0 Å². The van der Waals surface area contributed by atoms with Crippen molar-refractivity contribution < 1.29 is 34.2 Å². The molecule has 0 aliphatic heterocycles. The first-order valence-corrected chi connectivity index (χ1v) is 13.2. The van der Waals surface area contributed by atoms with Crippen LogP contribution in [0.2, 0.25) is 0 Å². The van der Waals surface area contributed by atoms with Gasteiger partial charge in [0.2, 0.25) is 0 Å².